The van der Waals surface area contributed by atoms with Gasteiger partial charge in [-0.2, -0.15) is 0 Å². The molecule has 1 aliphatic rings. The van der Waals surface area contributed by atoms with Crippen LogP contribution in [-0.2, 0) is 0 Å². The van der Waals surface area contributed by atoms with Crippen LogP contribution in [0.5, 0.6) is 0 Å². The minimum atomic E-state index is 0.858. The first-order valence-corrected chi connectivity index (χ1v) is 5.44. The molecule has 0 heterocycles. The van der Waals surface area contributed by atoms with E-state index in [1.54, 1.807) is 0 Å². The summed E-state index contributed by atoms with van der Waals surface area (Å²) in [5, 5.41) is 0. The topological polar surface area (TPSA) is 26.0 Å². The van der Waals surface area contributed by atoms with Crippen molar-refractivity contribution in [2.75, 3.05) is 6.54 Å². The molecular formula is C11H23N. The van der Waals surface area contributed by atoms with Crippen molar-refractivity contribution in [3.8, 4) is 0 Å². The van der Waals surface area contributed by atoms with Crippen LogP contribution in [0.2, 0.25) is 0 Å². The number of hydrogen-bond donors (Lipinski definition) is 1. The summed E-state index contributed by atoms with van der Waals surface area (Å²) in [6, 6.07) is 0. The van der Waals surface area contributed by atoms with Crippen LogP contribution in [0, 0.1) is 17.8 Å². The Kier molecular flexibility index (Phi) is 4.07. The lowest BCUT2D eigenvalue weighted by atomic mass is 9.86. The monoisotopic (exact) mass is 169 g/mol. The van der Waals surface area contributed by atoms with E-state index < -0.39 is 0 Å². The van der Waals surface area contributed by atoms with Crippen molar-refractivity contribution >= 4 is 0 Å². The Balaban J connectivity index is 2.16. The molecule has 1 nitrogen and oxygen atoms in total. The van der Waals surface area contributed by atoms with Gasteiger partial charge in [0.25, 0.3) is 0 Å². The van der Waals surface area contributed by atoms with E-state index in [0.717, 1.165) is 24.3 Å². The second-order valence-electron chi connectivity index (χ2n) is 4.61. The van der Waals surface area contributed by atoms with E-state index in [1.165, 1.54) is 32.1 Å². The molecular weight excluding hydrogens is 146 g/mol. The minimum Gasteiger partial charge on any atom is -0.330 e. The van der Waals surface area contributed by atoms with Gasteiger partial charge in [0.1, 0.15) is 0 Å². The lowest BCUT2D eigenvalue weighted by Gasteiger charge is -2.20. The quantitative estimate of drug-likeness (QED) is 0.650. The van der Waals surface area contributed by atoms with Gasteiger partial charge in [0.05, 0.1) is 0 Å². The van der Waals surface area contributed by atoms with Gasteiger partial charge < -0.3 is 5.73 Å². The normalized spacial score (nSPS) is 20.0. The van der Waals surface area contributed by atoms with E-state index in [2.05, 4.69) is 13.8 Å². The van der Waals surface area contributed by atoms with E-state index in [4.69, 9.17) is 5.73 Å². The summed E-state index contributed by atoms with van der Waals surface area (Å²) in [7, 11) is 0. The van der Waals surface area contributed by atoms with Crippen molar-refractivity contribution in [1.82, 2.24) is 0 Å². The Morgan fingerprint density at radius 3 is 2.42 bits per heavy atom. The highest BCUT2D eigenvalue weighted by molar-refractivity contribution is 4.78. The molecule has 1 saturated carbocycles. The van der Waals surface area contributed by atoms with Gasteiger partial charge in [0, 0.05) is 0 Å². The van der Waals surface area contributed by atoms with Crippen molar-refractivity contribution in [1.29, 1.82) is 0 Å². The van der Waals surface area contributed by atoms with Gasteiger partial charge in [-0.25, -0.2) is 0 Å². The maximum absolute atomic E-state index is 5.52. The Labute approximate surface area is 76.7 Å². The predicted octanol–water partition coefficient (Wildman–Crippen LogP) is 2.80. The van der Waals surface area contributed by atoms with Crippen LogP contribution in [0.1, 0.15) is 46.0 Å². The van der Waals surface area contributed by atoms with Gasteiger partial charge in [-0.1, -0.05) is 26.7 Å². The standard InChI is InChI=1S/C11H23N/c1-9(2)11(4-3-7-12)8-10-5-6-10/h9-11H,3-8,12H2,1-2H3. The zero-order valence-electron chi connectivity index (χ0n) is 8.55. The fourth-order valence-electron chi connectivity index (χ4n) is 1.89. The second kappa shape index (κ2) is 4.86. The van der Waals surface area contributed by atoms with E-state index in [0.29, 0.717) is 0 Å². The predicted molar refractivity (Wildman–Crippen MR) is 54.0 cm³/mol. The lowest BCUT2D eigenvalue weighted by Crippen LogP contribution is -2.12. The first-order valence-electron chi connectivity index (χ1n) is 5.44. The average molecular weight is 169 g/mol. The van der Waals surface area contributed by atoms with Crippen LogP contribution < -0.4 is 5.73 Å². The summed E-state index contributed by atoms with van der Waals surface area (Å²) < 4.78 is 0. The zero-order valence-corrected chi connectivity index (χ0v) is 8.55. The van der Waals surface area contributed by atoms with E-state index >= 15 is 0 Å². The molecule has 0 amide bonds. The van der Waals surface area contributed by atoms with Gasteiger partial charge in [-0.15, -0.1) is 0 Å². The maximum Gasteiger partial charge on any atom is -0.00772 e. The fourth-order valence-corrected chi connectivity index (χ4v) is 1.89. The molecule has 12 heavy (non-hydrogen) atoms. The Hall–Kier alpha value is -0.0400. The Bertz CT molecular complexity index is 116. The molecule has 1 rings (SSSR count). The number of nitrogens with two attached hydrogens (primary N) is 1. The highest BCUT2D eigenvalue weighted by Gasteiger charge is 2.26. The third-order valence-corrected chi connectivity index (χ3v) is 3.05. The second-order valence-corrected chi connectivity index (χ2v) is 4.61. The maximum atomic E-state index is 5.52. The molecule has 1 atom stereocenters. The number of rotatable bonds is 6. The Morgan fingerprint density at radius 1 is 1.33 bits per heavy atom. The molecule has 0 spiro atoms. The van der Waals surface area contributed by atoms with Gasteiger partial charge in [-0.05, 0) is 43.6 Å². The first-order chi connectivity index (χ1) is 5.74. The smallest absolute Gasteiger partial charge is 0.00772 e. The average Bonchev–Trinajstić information content (AvgIpc) is 2.80. The molecule has 1 unspecified atom stereocenters. The SMILES string of the molecule is CC(C)C(CCCN)CC1CC1. The summed E-state index contributed by atoms with van der Waals surface area (Å²) in [4.78, 5) is 0. The number of hydrogen-bond acceptors (Lipinski definition) is 1. The van der Waals surface area contributed by atoms with Gasteiger partial charge in [-0.3, -0.25) is 0 Å². The van der Waals surface area contributed by atoms with E-state index in [9.17, 15) is 0 Å². The molecule has 1 aliphatic carbocycles. The van der Waals surface area contributed by atoms with Crippen LogP contribution in [0.15, 0.2) is 0 Å². The summed E-state index contributed by atoms with van der Waals surface area (Å²) in [6.45, 7) is 5.57. The highest BCUT2D eigenvalue weighted by atomic mass is 14.5. The Morgan fingerprint density at radius 2 is 2.00 bits per heavy atom. The molecule has 0 bridgehead atoms. The van der Waals surface area contributed by atoms with Crippen LogP contribution >= 0.6 is 0 Å². The molecule has 0 radical (unpaired) electrons. The van der Waals surface area contributed by atoms with Crippen molar-refractivity contribution < 1.29 is 0 Å². The third-order valence-electron chi connectivity index (χ3n) is 3.05. The summed E-state index contributed by atoms with van der Waals surface area (Å²) in [5.74, 6) is 2.88. The zero-order chi connectivity index (χ0) is 8.97. The van der Waals surface area contributed by atoms with Crippen molar-refractivity contribution in [2.45, 2.75) is 46.0 Å². The summed E-state index contributed by atoms with van der Waals surface area (Å²) in [6.07, 6.45) is 7.02. The van der Waals surface area contributed by atoms with Crippen molar-refractivity contribution in [2.24, 2.45) is 23.5 Å². The first kappa shape index (κ1) is 10.0. The highest BCUT2D eigenvalue weighted by Crippen LogP contribution is 2.38. The van der Waals surface area contributed by atoms with E-state index in [1.807, 2.05) is 0 Å². The summed E-state index contributed by atoms with van der Waals surface area (Å²) >= 11 is 0. The molecule has 2 N–H and O–H groups in total. The molecule has 0 saturated heterocycles. The molecule has 0 aliphatic heterocycles. The summed E-state index contributed by atoms with van der Waals surface area (Å²) in [5.41, 5.74) is 5.52. The lowest BCUT2D eigenvalue weighted by molar-refractivity contribution is 0.316. The molecule has 0 aromatic heterocycles. The van der Waals surface area contributed by atoms with E-state index in [-0.39, 0.29) is 0 Å². The van der Waals surface area contributed by atoms with Crippen molar-refractivity contribution in [3.63, 3.8) is 0 Å². The largest absolute Gasteiger partial charge is 0.330 e. The third kappa shape index (κ3) is 3.57. The van der Waals surface area contributed by atoms with Crippen LogP contribution in [0.3, 0.4) is 0 Å². The molecule has 1 heteroatoms. The molecule has 0 aromatic carbocycles. The molecule has 1 fully saturated rings. The van der Waals surface area contributed by atoms with Crippen LogP contribution in [-0.4, -0.2) is 6.54 Å². The van der Waals surface area contributed by atoms with Crippen LogP contribution in [0.25, 0.3) is 0 Å². The van der Waals surface area contributed by atoms with Crippen LogP contribution in [0.4, 0.5) is 0 Å². The van der Waals surface area contributed by atoms with Crippen molar-refractivity contribution in [3.05, 3.63) is 0 Å². The van der Waals surface area contributed by atoms with Gasteiger partial charge in [0.15, 0.2) is 0 Å². The molecule has 0 aromatic rings. The molecule has 72 valence electrons. The van der Waals surface area contributed by atoms with Gasteiger partial charge >= 0.3 is 0 Å². The minimum absolute atomic E-state index is 0.858. The fraction of sp³-hybridized carbons (Fsp3) is 1.00. The van der Waals surface area contributed by atoms with Gasteiger partial charge in [0.2, 0.25) is 0 Å².